The summed E-state index contributed by atoms with van der Waals surface area (Å²) in [7, 11) is 0. The second-order valence-electron chi connectivity index (χ2n) is 7.93. The number of allylic oxidation sites excluding steroid dienone is 1. The molecule has 3 aromatic heterocycles. The quantitative estimate of drug-likeness (QED) is 0.447. The van der Waals surface area contributed by atoms with Crippen molar-refractivity contribution in [2.75, 3.05) is 0 Å². The van der Waals surface area contributed by atoms with Gasteiger partial charge < -0.3 is 4.57 Å². The minimum absolute atomic E-state index is 0.495. The molecule has 0 spiro atoms. The molecule has 0 unspecified atom stereocenters. The van der Waals surface area contributed by atoms with E-state index in [1.54, 1.807) is 12.4 Å². The number of hydrogen-bond acceptors (Lipinski definition) is 5. The van der Waals surface area contributed by atoms with E-state index in [4.69, 9.17) is 5.10 Å². The van der Waals surface area contributed by atoms with Crippen LogP contribution in [0.4, 0.5) is 0 Å². The van der Waals surface area contributed by atoms with E-state index < -0.39 is 0 Å². The van der Waals surface area contributed by atoms with Gasteiger partial charge in [0.15, 0.2) is 5.82 Å². The van der Waals surface area contributed by atoms with Crippen molar-refractivity contribution in [2.45, 2.75) is 38.8 Å². The Kier molecular flexibility index (Phi) is 5.58. The molecule has 4 aromatic rings. The van der Waals surface area contributed by atoms with Gasteiger partial charge in [0, 0.05) is 42.7 Å². The number of aryl methyl sites for hydroxylation is 1. The lowest BCUT2D eigenvalue weighted by Gasteiger charge is -2.06. The zero-order valence-electron chi connectivity index (χ0n) is 17.7. The van der Waals surface area contributed by atoms with Crippen molar-refractivity contribution in [3.63, 3.8) is 0 Å². The molecule has 32 heavy (non-hydrogen) atoms. The lowest BCUT2D eigenvalue weighted by Crippen LogP contribution is -2.05. The third-order valence-corrected chi connectivity index (χ3v) is 5.68. The van der Waals surface area contributed by atoms with Crippen LogP contribution in [-0.4, -0.2) is 29.5 Å². The maximum atomic E-state index is 10.00. The monoisotopic (exact) mass is 421 g/mol. The van der Waals surface area contributed by atoms with Gasteiger partial charge in [-0.2, -0.15) is 10.4 Å². The molecule has 1 aromatic carbocycles. The van der Waals surface area contributed by atoms with Gasteiger partial charge in [0.2, 0.25) is 0 Å². The number of rotatable bonds is 5. The number of benzene rings is 1. The van der Waals surface area contributed by atoms with Gasteiger partial charge in [-0.3, -0.25) is 9.67 Å². The van der Waals surface area contributed by atoms with Crippen LogP contribution in [0.1, 0.15) is 42.0 Å². The highest BCUT2D eigenvalue weighted by Crippen LogP contribution is 2.27. The fourth-order valence-electron chi connectivity index (χ4n) is 4.11. The van der Waals surface area contributed by atoms with Crippen molar-refractivity contribution in [1.82, 2.24) is 29.5 Å². The van der Waals surface area contributed by atoms with Crippen molar-refractivity contribution < 1.29 is 0 Å². The van der Waals surface area contributed by atoms with Crippen LogP contribution in [0.15, 0.2) is 61.1 Å². The predicted molar refractivity (Wildman–Crippen MR) is 122 cm³/mol. The lowest BCUT2D eigenvalue weighted by molar-refractivity contribution is 0.627. The SMILES string of the molecule is N#C/C(=C\c1cn(Cc2ccccc2)nc1-c1cccnc1)c1nnc2n1CCCCC2. The first-order valence-electron chi connectivity index (χ1n) is 10.9. The van der Waals surface area contributed by atoms with Crippen molar-refractivity contribution in [1.29, 1.82) is 5.26 Å². The van der Waals surface area contributed by atoms with E-state index in [1.807, 2.05) is 47.3 Å². The summed E-state index contributed by atoms with van der Waals surface area (Å²) in [5.74, 6) is 1.60. The number of nitriles is 1. The number of hydrogen-bond donors (Lipinski definition) is 0. The van der Waals surface area contributed by atoms with Gasteiger partial charge in [-0.1, -0.05) is 36.8 Å². The Morgan fingerprint density at radius 2 is 1.97 bits per heavy atom. The minimum Gasteiger partial charge on any atom is -0.310 e. The first kappa shape index (κ1) is 19.9. The predicted octanol–water partition coefficient (Wildman–Crippen LogP) is 4.38. The van der Waals surface area contributed by atoms with Crippen molar-refractivity contribution >= 4 is 11.6 Å². The van der Waals surface area contributed by atoms with Crippen LogP contribution in [0, 0.1) is 11.3 Å². The Bertz CT molecular complexity index is 1280. The van der Waals surface area contributed by atoms with Crippen LogP contribution < -0.4 is 0 Å². The molecule has 1 aliphatic heterocycles. The topological polar surface area (TPSA) is 85.2 Å². The van der Waals surface area contributed by atoms with Gasteiger partial charge in [-0.15, -0.1) is 10.2 Å². The molecular weight excluding hydrogens is 398 g/mol. The van der Waals surface area contributed by atoms with Gasteiger partial charge in [0.05, 0.1) is 12.1 Å². The van der Waals surface area contributed by atoms with Gasteiger partial charge in [0.1, 0.15) is 17.6 Å². The van der Waals surface area contributed by atoms with Crippen LogP contribution in [0.2, 0.25) is 0 Å². The molecule has 7 heteroatoms. The zero-order chi connectivity index (χ0) is 21.8. The number of aromatic nitrogens is 6. The minimum atomic E-state index is 0.495. The summed E-state index contributed by atoms with van der Waals surface area (Å²) in [5.41, 5.74) is 4.21. The van der Waals surface area contributed by atoms with E-state index in [9.17, 15) is 5.26 Å². The normalized spacial score (nSPS) is 13.9. The Hall–Kier alpha value is -4.05. The molecule has 5 rings (SSSR count). The summed E-state index contributed by atoms with van der Waals surface area (Å²) in [6.45, 7) is 1.49. The Labute approximate surface area is 186 Å². The van der Waals surface area contributed by atoms with Gasteiger partial charge in [-0.25, -0.2) is 0 Å². The maximum Gasteiger partial charge on any atom is 0.174 e. The molecule has 0 fully saturated rings. The van der Waals surface area contributed by atoms with Crippen molar-refractivity contribution in [3.05, 3.63) is 83.8 Å². The molecule has 0 saturated heterocycles. The Morgan fingerprint density at radius 3 is 2.78 bits per heavy atom. The van der Waals surface area contributed by atoms with Crippen LogP contribution >= 0.6 is 0 Å². The average Bonchev–Trinajstić information content (AvgIpc) is 3.34. The number of pyridine rings is 1. The van der Waals surface area contributed by atoms with Crippen LogP contribution in [0.25, 0.3) is 22.9 Å². The molecular formula is C25H23N7. The molecule has 0 saturated carbocycles. The average molecular weight is 422 g/mol. The van der Waals surface area contributed by atoms with Crippen molar-refractivity contribution in [3.8, 4) is 17.3 Å². The van der Waals surface area contributed by atoms with E-state index in [0.29, 0.717) is 17.9 Å². The molecule has 0 atom stereocenters. The summed E-state index contributed by atoms with van der Waals surface area (Å²) in [6.07, 6.45) is 11.7. The van der Waals surface area contributed by atoms with E-state index in [0.717, 1.165) is 54.0 Å². The maximum absolute atomic E-state index is 10.00. The van der Waals surface area contributed by atoms with Crippen molar-refractivity contribution in [2.24, 2.45) is 0 Å². The molecule has 4 heterocycles. The van der Waals surface area contributed by atoms with E-state index in [2.05, 4.69) is 38.0 Å². The van der Waals surface area contributed by atoms with Crippen LogP contribution in [0.3, 0.4) is 0 Å². The first-order valence-corrected chi connectivity index (χ1v) is 10.9. The molecule has 0 radical (unpaired) electrons. The summed E-state index contributed by atoms with van der Waals surface area (Å²) in [4.78, 5) is 4.25. The number of fused-ring (bicyclic) bond motifs is 1. The second kappa shape index (κ2) is 8.98. The first-order chi connectivity index (χ1) is 15.8. The third kappa shape index (κ3) is 4.08. The lowest BCUT2D eigenvalue weighted by atomic mass is 10.1. The fraction of sp³-hybridized carbons (Fsp3) is 0.240. The largest absolute Gasteiger partial charge is 0.310 e. The highest BCUT2D eigenvalue weighted by atomic mass is 15.3. The Balaban J connectivity index is 1.57. The van der Waals surface area contributed by atoms with E-state index in [-0.39, 0.29) is 0 Å². The third-order valence-electron chi connectivity index (χ3n) is 5.68. The highest BCUT2D eigenvalue weighted by molar-refractivity contribution is 5.90. The molecule has 7 nitrogen and oxygen atoms in total. The van der Waals surface area contributed by atoms with Gasteiger partial charge in [-0.05, 0) is 36.6 Å². The molecule has 0 aliphatic carbocycles. The summed E-state index contributed by atoms with van der Waals surface area (Å²) >= 11 is 0. The summed E-state index contributed by atoms with van der Waals surface area (Å²) in [5, 5.41) is 23.5. The highest BCUT2D eigenvalue weighted by Gasteiger charge is 2.19. The Morgan fingerprint density at radius 1 is 1.06 bits per heavy atom. The molecule has 1 aliphatic rings. The molecule has 0 amide bonds. The molecule has 158 valence electrons. The molecule has 0 N–H and O–H groups in total. The second-order valence-corrected chi connectivity index (χ2v) is 7.93. The van der Waals surface area contributed by atoms with E-state index in [1.165, 1.54) is 6.42 Å². The smallest absolute Gasteiger partial charge is 0.174 e. The molecule has 0 bridgehead atoms. The summed E-state index contributed by atoms with van der Waals surface area (Å²) in [6, 6.07) is 16.4. The van der Waals surface area contributed by atoms with Crippen LogP contribution in [-0.2, 0) is 19.5 Å². The zero-order valence-corrected chi connectivity index (χ0v) is 17.7. The number of nitrogens with zero attached hydrogens (tertiary/aromatic N) is 7. The van der Waals surface area contributed by atoms with E-state index >= 15 is 0 Å². The standard InChI is InChI=1S/C25H23N7/c26-15-21(25-29-28-23-11-5-2-6-13-32(23)25)14-22-18-31(17-19-8-3-1-4-9-19)30-24(22)20-10-7-12-27-16-20/h1,3-4,7-10,12,14,16,18H,2,5-6,11,13,17H2/b21-14+. The van der Waals surface area contributed by atoms with Gasteiger partial charge in [0.25, 0.3) is 0 Å². The van der Waals surface area contributed by atoms with Gasteiger partial charge >= 0.3 is 0 Å². The fourth-order valence-corrected chi connectivity index (χ4v) is 4.11. The summed E-state index contributed by atoms with van der Waals surface area (Å²) < 4.78 is 4.00. The van der Waals surface area contributed by atoms with Crippen LogP contribution in [0.5, 0.6) is 0 Å².